The van der Waals surface area contributed by atoms with Gasteiger partial charge in [0.2, 0.25) is 11.8 Å². The summed E-state index contributed by atoms with van der Waals surface area (Å²) in [6.45, 7) is 2.49. The molecule has 3 aliphatic rings. The van der Waals surface area contributed by atoms with Crippen molar-refractivity contribution in [3.63, 3.8) is 0 Å². The molecular weight excluding hydrogens is 843 g/mol. The molecule has 2 saturated heterocycles. The zero-order chi connectivity index (χ0) is 46.7. The van der Waals surface area contributed by atoms with Gasteiger partial charge in [0.1, 0.15) is 29.9 Å². The smallest absolute Gasteiger partial charge is 0.329 e. The van der Waals surface area contributed by atoms with E-state index < -0.39 is 65.4 Å². The Labute approximate surface area is 389 Å². The molecule has 12 heteroatoms. The summed E-state index contributed by atoms with van der Waals surface area (Å²) >= 11 is 0. The van der Waals surface area contributed by atoms with E-state index in [-0.39, 0.29) is 18.9 Å². The number of fused-ring (bicyclic) bond motifs is 3. The number of esters is 1. The van der Waals surface area contributed by atoms with Gasteiger partial charge in [-0.2, -0.15) is 0 Å². The van der Waals surface area contributed by atoms with Crippen LogP contribution in [0.3, 0.4) is 0 Å². The minimum atomic E-state index is -2.06. The van der Waals surface area contributed by atoms with Crippen molar-refractivity contribution in [2.75, 3.05) is 31.7 Å². The molecule has 6 aromatic carbocycles. The summed E-state index contributed by atoms with van der Waals surface area (Å²) in [5.74, 6) is 2.83. The molecule has 3 aliphatic heterocycles. The van der Waals surface area contributed by atoms with E-state index in [1.165, 1.54) is 0 Å². The predicted molar refractivity (Wildman–Crippen MR) is 253 cm³/mol. The summed E-state index contributed by atoms with van der Waals surface area (Å²) in [6, 6.07) is 45.8. The number of amides is 4. The molecule has 338 valence electrons. The van der Waals surface area contributed by atoms with Gasteiger partial charge < -0.3 is 25.6 Å². The summed E-state index contributed by atoms with van der Waals surface area (Å²) in [5.41, 5.74) is 9.34. The van der Waals surface area contributed by atoms with Gasteiger partial charge in [0, 0.05) is 17.7 Å². The van der Waals surface area contributed by atoms with Crippen LogP contribution in [0.15, 0.2) is 164 Å². The molecular formula is C55H51N5O7. The van der Waals surface area contributed by atoms with Crippen LogP contribution in [0, 0.1) is 17.8 Å². The lowest BCUT2D eigenvalue weighted by Gasteiger charge is -2.46. The number of cyclic esters (lactones) is 1. The third kappa shape index (κ3) is 8.23. The van der Waals surface area contributed by atoms with Gasteiger partial charge in [-0.3, -0.25) is 24.2 Å². The Kier molecular flexibility index (Phi) is 12.7. The average molecular weight is 894 g/mol. The second kappa shape index (κ2) is 19.1. The van der Waals surface area contributed by atoms with Gasteiger partial charge in [-0.15, -0.1) is 0 Å². The highest BCUT2D eigenvalue weighted by molar-refractivity contribution is 6.24. The molecule has 0 saturated carbocycles. The molecule has 67 heavy (non-hydrogen) atoms. The van der Waals surface area contributed by atoms with Gasteiger partial charge in [0.05, 0.1) is 42.9 Å². The van der Waals surface area contributed by atoms with E-state index in [1.54, 1.807) is 42.5 Å². The van der Waals surface area contributed by atoms with Gasteiger partial charge in [0.25, 0.3) is 0 Å². The normalized spacial score (nSPS) is 22.3. The first-order valence-corrected chi connectivity index (χ1v) is 22.4. The van der Waals surface area contributed by atoms with E-state index in [2.05, 4.69) is 34.2 Å². The fourth-order valence-electron chi connectivity index (χ4n) is 10.3. The summed E-state index contributed by atoms with van der Waals surface area (Å²) < 4.78 is 12.7. The first-order valence-electron chi connectivity index (χ1n) is 22.4. The number of hydrogen-bond donors (Lipinski definition) is 3. The Balaban J connectivity index is 1.28. The van der Waals surface area contributed by atoms with Gasteiger partial charge >= 0.3 is 12.0 Å². The number of primary amides is 1. The van der Waals surface area contributed by atoms with Crippen LogP contribution in [-0.4, -0.2) is 71.6 Å². The van der Waals surface area contributed by atoms with Crippen LogP contribution in [0.2, 0.25) is 0 Å². The van der Waals surface area contributed by atoms with Crippen molar-refractivity contribution in [1.82, 2.24) is 15.1 Å². The second-order valence-corrected chi connectivity index (χ2v) is 17.2. The number of urea groups is 1. The van der Waals surface area contributed by atoms with E-state index in [9.17, 15) is 14.7 Å². The number of morpholine rings is 1. The van der Waals surface area contributed by atoms with Gasteiger partial charge in [-0.05, 0) is 66.1 Å². The Morgan fingerprint density at radius 2 is 1.46 bits per heavy atom. The molecule has 3 heterocycles. The number of anilines is 1. The third-order valence-electron chi connectivity index (χ3n) is 13.0. The number of aliphatic hydroxyl groups is 1. The Hall–Kier alpha value is -7.56. The number of para-hydroxylation sites is 1. The zero-order valence-electron chi connectivity index (χ0n) is 37.2. The SMILES string of the molecule is C[C@@H](NC(=O)N1C(=O)[C@@]2(c3cc(C#CCN(C)Cc4ccccc4)ccc31)[C@H](C(N)=O)[C@H]1C(=O)O[C@H](c3ccccc3)[C@H](c3ccccc3)N1[C@@H]2c1ccccc1OCCO)c1ccccc1. The van der Waals surface area contributed by atoms with E-state index in [0.717, 1.165) is 21.6 Å². The quantitative estimate of drug-likeness (QED) is 0.0858. The van der Waals surface area contributed by atoms with Crippen LogP contribution < -0.4 is 20.7 Å². The van der Waals surface area contributed by atoms with Crippen molar-refractivity contribution in [3.8, 4) is 17.6 Å². The standard InChI is InChI=1S/C55H51N5O7/c1-36(39-21-9-4-10-22-39)57-54(65)59-44-30-29-37(20-17-31-58(2)35-38-18-7-3-8-19-38)34-43(44)55(53(59)64)46(51(56)62)48-52(63)67-49(41-25-13-6-14-26-41)47(40-23-11-5-12-24-40)60(48)50(55)42-27-15-16-28-45(42)66-33-32-61/h3-16,18-19,21-30,34,36,46-50,61H,31-33,35H2,1-2H3,(H2,56,62)(H,57,65)/t36-,46+,47+,48+,49-,50-,55+/m1/s1. The van der Waals surface area contributed by atoms with Crippen LogP contribution in [0.1, 0.15) is 70.1 Å². The summed E-state index contributed by atoms with van der Waals surface area (Å²) in [7, 11) is 1.98. The molecule has 0 unspecified atom stereocenters. The Bertz CT molecular complexity index is 2840. The van der Waals surface area contributed by atoms with Crippen molar-refractivity contribution >= 4 is 29.5 Å². The molecule has 0 bridgehead atoms. The molecule has 7 atom stereocenters. The maximum atomic E-state index is 16.4. The van der Waals surface area contributed by atoms with Gasteiger partial charge in [-0.25, -0.2) is 9.69 Å². The largest absolute Gasteiger partial charge is 0.491 e. The van der Waals surface area contributed by atoms with Crippen LogP contribution in [0.4, 0.5) is 10.5 Å². The minimum absolute atomic E-state index is 0.0922. The topological polar surface area (TPSA) is 155 Å². The average Bonchev–Trinajstić information content (AvgIpc) is 3.81. The molecule has 4 amide bonds. The van der Waals surface area contributed by atoms with Crippen molar-refractivity contribution in [1.29, 1.82) is 0 Å². The number of hydrogen-bond acceptors (Lipinski definition) is 9. The monoisotopic (exact) mass is 893 g/mol. The number of ether oxygens (including phenoxy) is 2. The lowest BCUT2D eigenvalue weighted by Crippen LogP contribution is -2.55. The van der Waals surface area contributed by atoms with Crippen LogP contribution in [0.25, 0.3) is 0 Å². The maximum Gasteiger partial charge on any atom is 0.329 e. The number of rotatable bonds is 12. The fraction of sp³-hybridized carbons (Fsp3) is 0.236. The van der Waals surface area contributed by atoms with E-state index in [4.69, 9.17) is 15.2 Å². The molecule has 9 rings (SSSR count). The maximum absolute atomic E-state index is 16.4. The second-order valence-electron chi connectivity index (χ2n) is 17.2. The van der Waals surface area contributed by atoms with Crippen molar-refractivity contribution in [3.05, 3.63) is 203 Å². The minimum Gasteiger partial charge on any atom is -0.491 e. The lowest BCUT2D eigenvalue weighted by atomic mass is 9.65. The summed E-state index contributed by atoms with van der Waals surface area (Å²) in [4.78, 5) is 66.1. The Morgan fingerprint density at radius 1 is 0.836 bits per heavy atom. The molecule has 6 aromatic rings. The van der Waals surface area contributed by atoms with Gasteiger partial charge in [0.15, 0.2) is 0 Å². The number of nitrogens with one attached hydrogen (secondary N) is 1. The van der Waals surface area contributed by atoms with Gasteiger partial charge in [-0.1, -0.05) is 151 Å². The van der Waals surface area contributed by atoms with E-state index in [0.29, 0.717) is 41.1 Å². The van der Waals surface area contributed by atoms with Crippen molar-refractivity contribution in [2.24, 2.45) is 11.7 Å². The number of aliphatic hydroxyl groups excluding tert-OH is 1. The number of carbonyl (C=O) groups is 4. The predicted octanol–water partition coefficient (Wildman–Crippen LogP) is 7.16. The molecule has 12 nitrogen and oxygen atoms in total. The number of nitrogens with zero attached hydrogens (tertiary/aromatic N) is 3. The lowest BCUT2D eigenvalue weighted by molar-refractivity contribution is -0.178. The first kappa shape index (κ1) is 44.6. The molecule has 0 radical (unpaired) electrons. The Morgan fingerprint density at radius 3 is 2.13 bits per heavy atom. The number of imide groups is 1. The van der Waals surface area contributed by atoms with Crippen LogP contribution >= 0.6 is 0 Å². The van der Waals surface area contributed by atoms with Crippen molar-refractivity contribution in [2.45, 2.75) is 49.2 Å². The number of carbonyl (C=O) groups excluding carboxylic acids is 4. The summed E-state index contributed by atoms with van der Waals surface area (Å²) in [6.07, 6.45) is -0.920. The van der Waals surface area contributed by atoms with E-state index in [1.807, 2.05) is 128 Å². The number of benzene rings is 6. The highest BCUT2D eigenvalue weighted by Gasteiger charge is 2.75. The highest BCUT2D eigenvalue weighted by Crippen LogP contribution is 2.66. The van der Waals surface area contributed by atoms with Crippen LogP contribution in [0.5, 0.6) is 5.75 Å². The first-order chi connectivity index (χ1) is 32.6. The number of nitrogens with two attached hydrogens (primary N) is 1. The molecule has 4 N–H and O–H groups in total. The molecule has 0 aliphatic carbocycles. The summed E-state index contributed by atoms with van der Waals surface area (Å²) in [5, 5.41) is 13.1. The fourth-order valence-corrected chi connectivity index (χ4v) is 10.3. The van der Waals surface area contributed by atoms with Crippen molar-refractivity contribution < 1.29 is 33.8 Å². The van der Waals surface area contributed by atoms with E-state index >= 15 is 9.59 Å². The van der Waals surface area contributed by atoms with Crippen LogP contribution in [-0.2, 0) is 31.1 Å². The zero-order valence-corrected chi connectivity index (χ0v) is 37.2. The molecule has 2 fully saturated rings. The molecule has 0 aromatic heterocycles. The highest BCUT2D eigenvalue weighted by atomic mass is 16.6. The molecule has 1 spiro atoms. The third-order valence-corrected chi connectivity index (χ3v) is 13.0.